The van der Waals surface area contributed by atoms with Gasteiger partial charge in [-0.2, -0.15) is 34.1 Å². The number of hydrogen-bond acceptors (Lipinski definition) is 5. The lowest BCUT2D eigenvalue weighted by Gasteiger charge is -2.09. The number of benzene rings is 1. The van der Waals surface area contributed by atoms with Gasteiger partial charge in [0.15, 0.2) is 5.65 Å². The summed E-state index contributed by atoms with van der Waals surface area (Å²) in [6, 6.07) is 11.2. The van der Waals surface area contributed by atoms with Crippen molar-refractivity contribution in [3.8, 4) is 22.3 Å². The van der Waals surface area contributed by atoms with Crippen molar-refractivity contribution in [1.82, 2.24) is 24.4 Å². The first-order valence-electron chi connectivity index (χ1n) is 9.61. The van der Waals surface area contributed by atoms with Crippen molar-refractivity contribution >= 4 is 28.6 Å². The van der Waals surface area contributed by atoms with Crippen LogP contribution in [0.1, 0.15) is 11.3 Å². The Labute approximate surface area is 193 Å². The summed E-state index contributed by atoms with van der Waals surface area (Å²) in [5, 5.41) is 13.2. The maximum absolute atomic E-state index is 13.0. The number of hydrogen-bond donors (Lipinski definition) is 0. The fourth-order valence-corrected chi connectivity index (χ4v) is 4.24. The molecule has 33 heavy (non-hydrogen) atoms. The third kappa shape index (κ3) is 4.03. The third-order valence-corrected chi connectivity index (χ3v) is 5.96. The minimum absolute atomic E-state index is 0.0544. The van der Waals surface area contributed by atoms with Crippen LogP contribution in [-0.2, 0) is 12.7 Å². The summed E-state index contributed by atoms with van der Waals surface area (Å²) in [5.41, 5.74) is 2.42. The Kier molecular flexibility index (Phi) is 5.26. The molecule has 0 aliphatic carbocycles. The van der Waals surface area contributed by atoms with Gasteiger partial charge in [0, 0.05) is 22.3 Å². The standard InChI is InChI=1S/C22H13ClF3N5OS/c23-16-4-2-14(3-5-16)19-17(15-7-8-33-12-15)10-28-31-20(19)29-30(21(31)32)11-13-1-6-18(27-9-13)22(24,25)26/h1-10,12H,11H2. The van der Waals surface area contributed by atoms with E-state index in [1.807, 2.05) is 29.0 Å². The van der Waals surface area contributed by atoms with Crippen molar-refractivity contribution in [2.75, 3.05) is 0 Å². The van der Waals surface area contributed by atoms with E-state index in [4.69, 9.17) is 11.6 Å². The van der Waals surface area contributed by atoms with Crippen molar-refractivity contribution in [3.63, 3.8) is 0 Å². The third-order valence-electron chi connectivity index (χ3n) is 5.03. The molecule has 1 aromatic carbocycles. The van der Waals surface area contributed by atoms with E-state index < -0.39 is 17.6 Å². The van der Waals surface area contributed by atoms with E-state index in [1.54, 1.807) is 18.3 Å². The van der Waals surface area contributed by atoms with Gasteiger partial charge in [-0.3, -0.25) is 4.98 Å². The Bertz CT molecular complexity index is 1490. The molecule has 0 bridgehead atoms. The number of aromatic nitrogens is 5. The van der Waals surface area contributed by atoms with E-state index in [0.29, 0.717) is 21.8 Å². The van der Waals surface area contributed by atoms with Gasteiger partial charge in [-0.1, -0.05) is 29.8 Å². The molecule has 0 radical (unpaired) electrons. The number of nitrogens with zero attached hydrogens (tertiary/aromatic N) is 5. The topological polar surface area (TPSA) is 65.1 Å². The molecule has 0 aliphatic heterocycles. The Morgan fingerprint density at radius 3 is 2.42 bits per heavy atom. The van der Waals surface area contributed by atoms with Gasteiger partial charge < -0.3 is 0 Å². The summed E-state index contributed by atoms with van der Waals surface area (Å²) in [4.78, 5) is 16.4. The molecule has 0 amide bonds. The molecular formula is C22H13ClF3N5OS. The summed E-state index contributed by atoms with van der Waals surface area (Å²) < 4.78 is 40.7. The van der Waals surface area contributed by atoms with Crippen molar-refractivity contribution in [2.24, 2.45) is 0 Å². The van der Waals surface area contributed by atoms with Crippen LogP contribution >= 0.6 is 22.9 Å². The average molecular weight is 488 g/mol. The highest BCUT2D eigenvalue weighted by molar-refractivity contribution is 7.08. The lowest BCUT2D eigenvalue weighted by Crippen LogP contribution is -2.23. The van der Waals surface area contributed by atoms with E-state index in [9.17, 15) is 18.0 Å². The molecule has 5 aromatic rings. The van der Waals surface area contributed by atoms with Crippen LogP contribution in [0.25, 0.3) is 27.9 Å². The fraction of sp³-hybridized carbons (Fsp3) is 0.0909. The van der Waals surface area contributed by atoms with E-state index >= 15 is 0 Å². The van der Waals surface area contributed by atoms with E-state index in [1.165, 1.54) is 21.9 Å². The number of fused-ring (bicyclic) bond motifs is 1. The lowest BCUT2D eigenvalue weighted by molar-refractivity contribution is -0.141. The summed E-state index contributed by atoms with van der Waals surface area (Å²) in [6.07, 6.45) is -1.84. The van der Waals surface area contributed by atoms with Gasteiger partial charge in [0.25, 0.3) is 0 Å². The van der Waals surface area contributed by atoms with Crippen molar-refractivity contribution in [1.29, 1.82) is 0 Å². The Balaban J connectivity index is 1.64. The Morgan fingerprint density at radius 1 is 1.00 bits per heavy atom. The molecule has 4 heterocycles. The highest BCUT2D eigenvalue weighted by Gasteiger charge is 2.32. The molecule has 0 saturated carbocycles. The predicted octanol–water partition coefficient (Wildman–Crippen LogP) is 5.40. The van der Waals surface area contributed by atoms with Crippen LogP contribution in [-0.4, -0.2) is 24.4 Å². The molecular weight excluding hydrogens is 475 g/mol. The van der Waals surface area contributed by atoms with E-state index in [0.717, 1.165) is 33.6 Å². The number of pyridine rings is 1. The first-order chi connectivity index (χ1) is 15.8. The van der Waals surface area contributed by atoms with Gasteiger partial charge in [-0.15, -0.1) is 5.10 Å². The monoisotopic (exact) mass is 487 g/mol. The number of halogens is 4. The highest BCUT2D eigenvalue weighted by Crippen LogP contribution is 2.35. The van der Waals surface area contributed by atoms with Crippen LogP contribution in [0.5, 0.6) is 0 Å². The van der Waals surface area contributed by atoms with E-state index in [-0.39, 0.29) is 6.54 Å². The molecule has 0 spiro atoms. The minimum Gasteiger partial charge on any atom is -0.251 e. The number of thiophene rings is 1. The van der Waals surface area contributed by atoms with Gasteiger partial charge in [0.05, 0.1) is 12.7 Å². The molecule has 166 valence electrons. The zero-order valence-corrected chi connectivity index (χ0v) is 18.2. The SMILES string of the molecule is O=c1n(Cc2ccc(C(F)(F)F)nc2)nc2c(-c3ccc(Cl)cc3)c(-c3ccsc3)cnn12. The Hall–Kier alpha value is -3.50. The largest absolute Gasteiger partial charge is 0.433 e. The average Bonchev–Trinajstić information content (AvgIpc) is 3.43. The predicted molar refractivity (Wildman–Crippen MR) is 119 cm³/mol. The smallest absolute Gasteiger partial charge is 0.251 e. The minimum atomic E-state index is -4.53. The van der Waals surface area contributed by atoms with Crippen LogP contribution in [0.3, 0.4) is 0 Å². The molecule has 5 rings (SSSR count). The summed E-state index contributed by atoms with van der Waals surface area (Å²) in [6.45, 7) is -0.0544. The van der Waals surface area contributed by atoms with Crippen molar-refractivity contribution < 1.29 is 13.2 Å². The molecule has 0 N–H and O–H groups in total. The highest BCUT2D eigenvalue weighted by atomic mass is 35.5. The maximum Gasteiger partial charge on any atom is 0.433 e. The zero-order valence-electron chi connectivity index (χ0n) is 16.6. The fourth-order valence-electron chi connectivity index (χ4n) is 3.46. The van der Waals surface area contributed by atoms with Crippen LogP contribution in [0.4, 0.5) is 13.2 Å². The molecule has 11 heteroatoms. The second-order valence-corrected chi connectivity index (χ2v) is 8.39. The quantitative estimate of drug-likeness (QED) is 0.340. The molecule has 0 saturated heterocycles. The van der Waals surface area contributed by atoms with Crippen molar-refractivity contribution in [2.45, 2.75) is 12.7 Å². The second kappa shape index (κ2) is 8.13. The van der Waals surface area contributed by atoms with Gasteiger partial charge in [-0.05, 0) is 51.7 Å². The summed E-state index contributed by atoms with van der Waals surface area (Å²) in [7, 11) is 0. The molecule has 0 atom stereocenters. The molecule has 0 aliphatic rings. The van der Waals surface area contributed by atoms with Crippen LogP contribution in [0, 0.1) is 0 Å². The van der Waals surface area contributed by atoms with Crippen LogP contribution < -0.4 is 5.69 Å². The summed E-state index contributed by atoms with van der Waals surface area (Å²) >= 11 is 7.58. The van der Waals surface area contributed by atoms with Gasteiger partial charge in [0.2, 0.25) is 0 Å². The second-order valence-electron chi connectivity index (χ2n) is 7.18. The molecule has 0 fully saturated rings. The van der Waals surface area contributed by atoms with Gasteiger partial charge in [0.1, 0.15) is 5.69 Å². The van der Waals surface area contributed by atoms with Crippen molar-refractivity contribution in [3.05, 3.63) is 92.4 Å². The molecule has 6 nitrogen and oxygen atoms in total. The maximum atomic E-state index is 13.0. The van der Waals surface area contributed by atoms with E-state index in [2.05, 4.69) is 15.2 Å². The van der Waals surface area contributed by atoms with Crippen LogP contribution in [0.2, 0.25) is 5.02 Å². The summed E-state index contributed by atoms with van der Waals surface area (Å²) in [5.74, 6) is 0. The molecule has 0 unspecified atom stereocenters. The molecule has 4 aromatic heterocycles. The Morgan fingerprint density at radius 2 is 1.79 bits per heavy atom. The number of alkyl halides is 3. The first-order valence-corrected chi connectivity index (χ1v) is 10.9. The van der Waals surface area contributed by atoms with Gasteiger partial charge in [-0.25, -0.2) is 9.48 Å². The van der Waals surface area contributed by atoms with Gasteiger partial charge >= 0.3 is 11.9 Å². The van der Waals surface area contributed by atoms with Crippen LogP contribution in [0.15, 0.2) is 70.4 Å². The number of rotatable bonds is 4. The normalized spacial score (nSPS) is 11.9. The zero-order chi connectivity index (χ0) is 23.2. The first kappa shape index (κ1) is 21.4. The lowest BCUT2D eigenvalue weighted by atomic mass is 9.99.